The number of hydrogen-bond donors (Lipinski definition) is 1. The van der Waals surface area contributed by atoms with Crippen molar-refractivity contribution in [1.29, 1.82) is 0 Å². The zero-order chi connectivity index (χ0) is 11.3. The fourth-order valence-corrected chi connectivity index (χ4v) is 2.83. The third-order valence-corrected chi connectivity index (χ3v) is 3.96. The zero-order valence-corrected chi connectivity index (χ0v) is 10.1. The van der Waals surface area contributed by atoms with Gasteiger partial charge < -0.3 is 5.11 Å². The standard InChI is InChI=1S/C10H14O3S2/c1-15(12,13)8-4-7-14-10-6-3-2-5-9(10)11/h2-3,5-6,11H,4,7-8H2,1H3. The Kier molecular flexibility index (Phi) is 4.47. The molecule has 1 aromatic rings. The summed E-state index contributed by atoms with van der Waals surface area (Å²) in [5.41, 5.74) is 0. The van der Waals surface area contributed by atoms with E-state index in [1.807, 2.05) is 12.1 Å². The van der Waals surface area contributed by atoms with Crippen LogP contribution in [0.25, 0.3) is 0 Å². The molecule has 0 saturated heterocycles. The van der Waals surface area contributed by atoms with Gasteiger partial charge in [0.2, 0.25) is 0 Å². The average molecular weight is 246 g/mol. The largest absolute Gasteiger partial charge is 0.507 e. The smallest absolute Gasteiger partial charge is 0.147 e. The molecule has 1 N–H and O–H groups in total. The number of hydrogen-bond acceptors (Lipinski definition) is 4. The molecule has 1 aromatic carbocycles. The summed E-state index contributed by atoms with van der Waals surface area (Å²) in [6, 6.07) is 7.05. The summed E-state index contributed by atoms with van der Waals surface area (Å²) in [5.74, 6) is 1.15. The highest BCUT2D eigenvalue weighted by Gasteiger charge is 2.03. The molecule has 0 atom stereocenters. The number of phenols is 1. The van der Waals surface area contributed by atoms with Crippen LogP contribution in [0, 0.1) is 0 Å². The first kappa shape index (κ1) is 12.4. The van der Waals surface area contributed by atoms with E-state index < -0.39 is 9.84 Å². The molecule has 0 aromatic heterocycles. The first-order valence-corrected chi connectivity index (χ1v) is 7.62. The van der Waals surface area contributed by atoms with Crippen molar-refractivity contribution in [3.05, 3.63) is 24.3 Å². The molecular formula is C10H14O3S2. The minimum absolute atomic E-state index is 0.202. The number of thioether (sulfide) groups is 1. The number of rotatable bonds is 5. The van der Waals surface area contributed by atoms with Gasteiger partial charge in [-0.05, 0) is 24.3 Å². The number of para-hydroxylation sites is 1. The molecule has 0 amide bonds. The molecule has 0 spiro atoms. The minimum atomic E-state index is -2.86. The lowest BCUT2D eigenvalue weighted by atomic mass is 10.3. The molecular weight excluding hydrogens is 232 g/mol. The van der Waals surface area contributed by atoms with Crippen LogP contribution in [0.2, 0.25) is 0 Å². The maximum absolute atomic E-state index is 10.9. The normalized spacial score (nSPS) is 11.5. The summed E-state index contributed by atoms with van der Waals surface area (Å²) in [6.45, 7) is 0. The summed E-state index contributed by atoms with van der Waals surface area (Å²) in [7, 11) is -2.86. The summed E-state index contributed by atoms with van der Waals surface area (Å²) < 4.78 is 21.7. The SMILES string of the molecule is CS(=O)(=O)CCCSc1ccccc1O. The molecule has 3 nitrogen and oxygen atoms in total. The maximum Gasteiger partial charge on any atom is 0.147 e. The van der Waals surface area contributed by atoms with E-state index >= 15 is 0 Å². The lowest BCUT2D eigenvalue weighted by Crippen LogP contribution is -2.03. The first-order chi connectivity index (χ1) is 6.99. The molecule has 5 heteroatoms. The second-order valence-corrected chi connectivity index (χ2v) is 6.70. The second kappa shape index (κ2) is 5.42. The Labute approximate surface area is 94.4 Å². The van der Waals surface area contributed by atoms with E-state index in [-0.39, 0.29) is 11.5 Å². The summed E-state index contributed by atoms with van der Waals surface area (Å²) in [5, 5.41) is 9.43. The van der Waals surface area contributed by atoms with Crippen LogP contribution in [0.4, 0.5) is 0 Å². The van der Waals surface area contributed by atoms with E-state index in [1.54, 1.807) is 12.1 Å². The van der Waals surface area contributed by atoms with E-state index in [4.69, 9.17) is 0 Å². The van der Waals surface area contributed by atoms with Crippen LogP contribution < -0.4 is 0 Å². The van der Waals surface area contributed by atoms with Crippen molar-refractivity contribution in [2.24, 2.45) is 0 Å². The van der Waals surface area contributed by atoms with E-state index in [0.717, 1.165) is 4.90 Å². The van der Waals surface area contributed by atoms with Crippen molar-refractivity contribution in [2.45, 2.75) is 11.3 Å². The Hall–Kier alpha value is -0.680. The van der Waals surface area contributed by atoms with Gasteiger partial charge in [-0.25, -0.2) is 8.42 Å². The van der Waals surface area contributed by atoms with Crippen LogP contribution in [0.5, 0.6) is 5.75 Å². The lowest BCUT2D eigenvalue weighted by Gasteiger charge is -2.03. The van der Waals surface area contributed by atoms with Gasteiger partial charge in [-0.3, -0.25) is 0 Å². The van der Waals surface area contributed by atoms with E-state index in [1.165, 1.54) is 18.0 Å². The van der Waals surface area contributed by atoms with Gasteiger partial charge in [-0.2, -0.15) is 0 Å². The summed E-state index contributed by atoms with van der Waals surface area (Å²) in [4.78, 5) is 0.797. The van der Waals surface area contributed by atoms with Crippen LogP contribution in [0.3, 0.4) is 0 Å². The average Bonchev–Trinajstić information content (AvgIpc) is 2.13. The molecule has 0 unspecified atom stereocenters. The number of aromatic hydroxyl groups is 1. The van der Waals surface area contributed by atoms with E-state index in [2.05, 4.69) is 0 Å². The van der Waals surface area contributed by atoms with Crippen LogP contribution in [0.1, 0.15) is 6.42 Å². The van der Waals surface area contributed by atoms with Crippen molar-refractivity contribution in [1.82, 2.24) is 0 Å². The monoisotopic (exact) mass is 246 g/mol. The Morgan fingerprint density at radius 1 is 1.33 bits per heavy atom. The van der Waals surface area contributed by atoms with E-state index in [9.17, 15) is 13.5 Å². The predicted molar refractivity (Wildman–Crippen MR) is 63.2 cm³/mol. The van der Waals surface area contributed by atoms with Crippen LogP contribution >= 0.6 is 11.8 Å². The highest BCUT2D eigenvalue weighted by molar-refractivity contribution is 7.99. The van der Waals surface area contributed by atoms with Gasteiger partial charge in [-0.15, -0.1) is 11.8 Å². The Balaban J connectivity index is 2.36. The van der Waals surface area contributed by atoms with Crippen LogP contribution in [0.15, 0.2) is 29.2 Å². The van der Waals surface area contributed by atoms with E-state index in [0.29, 0.717) is 12.2 Å². The molecule has 0 aliphatic rings. The Bertz CT molecular complexity index is 412. The van der Waals surface area contributed by atoms with Crippen LogP contribution in [-0.4, -0.2) is 31.3 Å². The highest BCUT2D eigenvalue weighted by Crippen LogP contribution is 2.27. The quantitative estimate of drug-likeness (QED) is 0.637. The predicted octanol–water partition coefficient (Wildman–Crippen LogP) is 1.92. The first-order valence-electron chi connectivity index (χ1n) is 4.57. The molecule has 15 heavy (non-hydrogen) atoms. The van der Waals surface area contributed by atoms with Gasteiger partial charge in [0.15, 0.2) is 0 Å². The number of phenolic OH excluding ortho intramolecular Hbond substituents is 1. The van der Waals surface area contributed by atoms with Crippen molar-refractivity contribution < 1.29 is 13.5 Å². The van der Waals surface area contributed by atoms with Gasteiger partial charge >= 0.3 is 0 Å². The van der Waals surface area contributed by atoms with Gasteiger partial charge in [0.25, 0.3) is 0 Å². The fourth-order valence-electron chi connectivity index (χ4n) is 1.08. The third kappa shape index (κ3) is 5.09. The number of benzene rings is 1. The minimum Gasteiger partial charge on any atom is -0.507 e. The third-order valence-electron chi connectivity index (χ3n) is 1.78. The molecule has 0 aliphatic heterocycles. The summed E-state index contributed by atoms with van der Waals surface area (Å²) in [6.07, 6.45) is 1.84. The van der Waals surface area contributed by atoms with Crippen molar-refractivity contribution >= 4 is 21.6 Å². The Morgan fingerprint density at radius 3 is 2.60 bits per heavy atom. The maximum atomic E-state index is 10.9. The Morgan fingerprint density at radius 2 is 2.00 bits per heavy atom. The van der Waals surface area contributed by atoms with Crippen LogP contribution in [-0.2, 0) is 9.84 Å². The topological polar surface area (TPSA) is 54.4 Å². The number of sulfone groups is 1. The molecule has 0 radical (unpaired) electrons. The van der Waals surface area contributed by atoms with Crippen molar-refractivity contribution in [3.8, 4) is 5.75 Å². The molecule has 0 saturated carbocycles. The second-order valence-electron chi connectivity index (χ2n) is 3.30. The molecule has 84 valence electrons. The molecule has 0 aliphatic carbocycles. The van der Waals surface area contributed by atoms with Gasteiger partial charge in [0.1, 0.15) is 15.6 Å². The lowest BCUT2D eigenvalue weighted by molar-refractivity contribution is 0.462. The molecule has 0 fully saturated rings. The molecule has 0 heterocycles. The zero-order valence-electron chi connectivity index (χ0n) is 8.51. The van der Waals surface area contributed by atoms with Gasteiger partial charge in [-0.1, -0.05) is 12.1 Å². The van der Waals surface area contributed by atoms with Crippen molar-refractivity contribution in [2.75, 3.05) is 17.8 Å². The van der Waals surface area contributed by atoms with Gasteiger partial charge in [0.05, 0.1) is 5.75 Å². The molecule has 0 bridgehead atoms. The highest BCUT2D eigenvalue weighted by atomic mass is 32.2. The molecule has 1 rings (SSSR count). The summed E-state index contributed by atoms with van der Waals surface area (Å²) >= 11 is 1.47. The van der Waals surface area contributed by atoms with Gasteiger partial charge in [0, 0.05) is 11.2 Å². The fraction of sp³-hybridized carbons (Fsp3) is 0.400. The van der Waals surface area contributed by atoms with Crippen molar-refractivity contribution in [3.63, 3.8) is 0 Å².